The van der Waals surface area contributed by atoms with Crippen molar-refractivity contribution in [3.63, 3.8) is 0 Å². The normalized spacial score (nSPS) is 10.7. The van der Waals surface area contributed by atoms with E-state index in [-0.39, 0.29) is 18.9 Å². The molecule has 0 saturated carbocycles. The summed E-state index contributed by atoms with van der Waals surface area (Å²) >= 11 is 0. The molecule has 0 unspecified atom stereocenters. The highest BCUT2D eigenvalue weighted by atomic mass is 19.2. The largest absolute Gasteiger partial charge is 0.497 e. The lowest BCUT2D eigenvalue weighted by Gasteiger charge is -2.05. The first-order valence-corrected chi connectivity index (χ1v) is 7.88. The molecular formula is C18H14F3N3O3. The van der Waals surface area contributed by atoms with Gasteiger partial charge in [-0.1, -0.05) is 5.16 Å². The fraction of sp³-hybridized carbons (Fsp3) is 0.167. The van der Waals surface area contributed by atoms with Crippen molar-refractivity contribution >= 4 is 5.91 Å². The Kier molecular flexibility index (Phi) is 5.39. The van der Waals surface area contributed by atoms with Gasteiger partial charge < -0.3 is 14.6 Å². The molecule has 3 rings (SSSR count). The van der Waals surface area contributed by atoms with Gasteiger partial charge in [-0.3, -0.25) is 4.79 Å². The van der Waals surface area contributed by atoms with Crippen molar-refractivity contribution in [3.8, 4) is 17.1 Å². The van der Waals surface area contributed by atoms with Gasteiger partial charge in [0.05, 0.1) is 12.7 Å². The Labute approximate surface area is 152 Å². The van der Waals surface area contributed by atoms with E-state index in [4.69, 9.17) is 9.26 Å². The zero-order valence-corrected chi connectivity index (χ0v) is 14.1. The Morgan fingerprint density at radius 1 is 1.11 bits per heavy atom. The van der Waals surface area contributed by atoms with Crippen molar-refractivity contribution in [2.24, 2.45) is 0 Å². The number of aromatic nitrogens is 2. The third kappa shape index (κ3) is 4.08. The summed E-state index contributed by atoms with van der Waals surface area (Å²) in [6.45, 7) is 0.0432. The van der Waals surface area contributed by atoms with Gasteiger partial charge in [0.25, 0.3) is 5.91 Å². The number of rotatable bonds is 6. The van der Waals surface area contributed by atoms with Crippen LogP contribution in [0.3, 0.4) is 0 Å². The van der Waals surface area contributed by atoms with Crippen LogP contribution >= 0.6 is 0 Å². The van der Waals surface area contributed by atoms with E-state index in [1.54, 1.807) is 31.4 Å². The molecule has 0 bridgehead atoms. The number of methoxy groups -OCH3 is 1. The molecular weight excluding hydrogens is 363 g/mol. The number of benzene rings is 2. The average Bonchev–Trinajstić information content (AvgIpc) is 3.15. The summed E-state index contributed by atoms with van der Waals surface area (Å²) in [5.74, 6) is -4.15. The minimum atomic E-state index is -1.69. The van der Waals surface area contributed by atoms with Crippen LogP contribution in [0.25, 0.3) is 11.4 Å². The smallest absolute Gasteiger partial charge is 0.254 e. The highest BCUT2D eigenvalue weighted by molar-refractivity contribution is 5.94. The summed E-state index contributed by atoms with van der Waals surface area (Å²) in [6, 6.07) is 8.59. The highest BCUT2D eigenvalue weighted by Gasteiger charge is 2.18. The van der Waals surface area contributed by atoms with Gasteiger partial charge >= 0.3 is 0 Å². The first kappa shape index (κ1) is 18.4. The van der Waals surface area contributed by atoms with Crippen LogP contribution in [0.15, 0.2) is 40.9 Å². The number of nitrogens with one attached hydrogen (secondary N) is 1. The minimum absolute atomic E-state index is 0.0432. The van der Waals surface area contributed by atoms with Crippen LogP contribution < -0.4 is 10.1 Å². The molecule has 6 nitrogen and oxygen atoms in total. The highest BCUT2D eigenvalue weighted by Crippen LogP contribution is 2.20. The molecule has 0 aliphatic rings. The molecule has 2 aromatic carbocycles. The molecule has 0 aliphatic heterocycles. The van der Waals surface area contributed by atoms with E-state index >= 15 is 0 Å². The summed E-state index contributed by atoms with van der Waals surface area (Å²) in [5.41, 5.74) is 0.136. The maximum absolute atomic E-state index is 13.6. The lowest BCUT2D eigenvalue weighted by Crippen LogP contribution is -2.27. The zero-order chi connectivity index (χ0) is 19.4. The predicted octanol–water partition coefficient (Wildman–Crippen LogP) is 3.14. The predicted molar refractivity (Wildman–Crippen MR) is 88.6 cm³/mol. The second-order valence-corrected chi connectivity index (χ2v) is 5.47. The third-order valence-corrected chi connectivity index (χ3v) is 3.72. The molecule has 140 valence electrons. The average molecular weight is 377 g/mol. The summed E-state index contributed by atoms with van der Waals surface area (Å²) < 4.78 is 49.8. The molecule has 0 spiro atoms. The summed E-state index contributed by atoms with van der Waals surface area (Å²) in [7, 11) is 1.56. The van der Waals surface area contributed by atoms with Crippen LogP contribution in [0.4, 0.5) is 13.2 Å². The van der Waals surface area contributed by atoms with Crippen LogP contribution in [-0.2, 0) is 6.42 Å². The molecule has 0 radical (unpaired) electrons. The number of amides is 1. The maximum Gasteiger partial charge on any atom is 0.254 e. The Morgan fingerprint density at radius 2 is 1.85 bits per heavy atom. The summed E-state index contributed by atoms with van der Waals surface area (Å²) in [5, 5.41) is 6.23. The number of hydrogen-bond acceptors (Lipinski definition) is 5. The molecule has 1 N–H and O–H groups in total. The SMILES string of the molecule is COc1ccc(-c2noc(CCNC(=O)c3ccc(F)c(F)c3F)n2)cc1. The van der Waals surface area contributed by atoms with Crippen LogP contribution in [-0.4, -0.2) is 29.7 Å². The molecule has 0 saturated heterocycles. The second kappa shape index (κ2) is 7.90. The van der Waals surface area contributed by atoms with Gasteiger partial charge in [0, 0.05) is 18.5 Å². The zero-order valence-electron chi connectivity index (χ0n) is 14.1. The molecule has 0 fully saturated rings. The van der Waals surface area contributed by atoms with E-state index in [1.807, 2.05) is 0 Å². The lowest BCUT2D eigenvalue weighted by atomic mass is 10.2. The van der Waals surface area contributed by atoms with Crippen molar-refractivity contribution in [1.82, 2.24) is 15.5 Å². The quantitative estimate of drug-likeness (QED) is 0.668. The van der Waals surface area contributed by atoms with Crippen molar-refractivity contribution in [3.05, 3.63) is 65.3 Å². The second-order valence-electron chi connectivity index (χ2n) is 5.47. The van der Waals surface area contributed by atoms with Crippen molar-refractivity contribution < 1.29 is 27.2 Å². The van der Waals surface area contributed by atoms with Gasteiger partial charge in [-0.05, 0) is 36.4 Å². The van der Waals surface area contributed by atoms with Gasteiger partial charge in [-0.25, -0.2) is 13.2 Å². The summed E-state index contributed by atoms with van der Waals surface area (Å²) in [6.07, 6.45) is 0.181. The fourth-order valence-electron chi connectivity index (χ4n) is 2.29. The molecule has 0 aliphatic carbocycles. The van der Waals surface area contributed by atoms with Crippen LogP contribution in [0, 0.1) is 17.5 Å². The Balaban J connectivity index is 1.59. The molecule has 1 heterocycles. The van der Waals surface area contributed by atoms with E-state index < -0.39 is 28.9 Å². The van der Waals surface area contributed by atoms with Gasteiger partial charge in [0.1, 0.15) is 5.75 Å². The van der Waals surface area contributed by atoms with Crippen molar-refractivity contribution in [2.75, 3.05) is 13.7 Å². The first-order valence-electron chi connectivity index (χ1n) is 7.88. The molecule has 3 aromatic rings. The van der Waals surface area contributed by atoms with Gasteiger partial charge in [0.2, 0.25) is 11.7 Å². The number of nitrogens with zero attached hydrogens (tertiary/aromatic N) is 2. The van der Waals surface area contributed by atoms with Crippen molar-refractivity contribution in [2.45, 2.75) is 6.42 Å². The van der Waals surface area contributed by atoms with Crippen molar-refractivity contribution in [1.29, 1.82) is 0 Å². The fourth-order valence-corrected chi connectivity index (χ4v) is 2.29. The first-order chi connectivity index (χ1) is 13.0. The van der Waals surface area contributed by atoms with E-state index in [0.717, 1.165) is 11.6 Å². The lowest BCUT2D eigenvalue weighted by molar-refractivity contribution is 0.0948. The summed E-state index contributed by atoms with van der Waals surface area (Å²) in [4.78, 5) is 16.1. The number of halogens is 3. The van der Waals surface area contributed by atoms with Crippen LogP contribution in [0.5, 0.6) is 5.75 Å². The molecule has 27 heavy (non-hydrogen) atoms. The molecule has 9 heteroatoms. The number of hydrogen-bond donors (Lipinski definition) is 1. The topological polar surface area (TPSA) is 77.3 Å². The third-order valence-electron chi connectivity index (χ3n) is 3.72. The van der Waals surface area contributed by atoms with Gasteiger partial charge in [-0.15, -0.1) is 0 Å². The molecule has 1 amide bonds. The number of carbonyl (C=O) groups is 1. The number of carbonyl (C=O) groups excluding carboxylic acids is 1. The standard InChI is InChI=1S/C18H14F3N3O3/c1-26-11-4-2-10(3-5-11)17-23-14(27-24-17)8-9-22-18(25)12-6-7-13(19)16(21)15(12)20/h2-7H,8-9H2,1H3,(H,22,25). The number of ether oxygens (including phenoxy) is 1. The van der Waals surface area contributed by atoms with E-state index in [9.17, 15) is 18.0 Å². The van der Waals surface area contributed by atoms with E-state index in [0.29, 0.717) is 17.6 Å². The van der Waals surface area contributed by atoms with Gasteiger partial charge in [0.15, 0.2) is 17.5 Å². The van der Waals surface area contributed by atoms with Crippen LogP contribution in [0.1, 0.15) is 16.2 Å². The van der Waals surface area contributed by atoms with Gasteiger partial charge in [-0.2, -0.15) is 4.98 Å². The Morgan fingerprint density at radius 3 is 2.56 bits per heavy atom. The maximum atomic E-state index is 13.6. The van der Waals surface area contributed by atoms with E-state index in [1.165, 1.54) is 0 Å². The monoisotopic (exact) mass is 377 g/mol. The minimum Gasteiger partial charge on any atom is -0.497 e. The van der Waals surface area contributed by atoms with E-state index in [2.05, 4.69) is 15.5 Å². The Hall–Kier alpha value is -3.36. The van der Waals surface area contributed by atoms with Crippen LogP contribution in [0.2, 0.25) is 0 Å². The molecule has 1 aromatic heterocycles. The Bertz CT molecular complexity index is 958. The molecule has 0 atom stereocenters.